The van der Waals surface area contributed by atoms with E-state index in [4.69, 9.17) is 41.8 Å². The van der Waals surface area contributed by atoms with Gasteiger partial charge in [-0.05, 0) is 30.3 Å². The molecule has 0 saturated carbocycles. The Hall–Kier alpha value is -4.10. The molecule has 4 aromatic rings. The van der Waals surface area contributed by atoms with Crippen LogP contribution in [0.1, 0.15) is 22.7 Å². The molecule has 1 aromatic carbocycles. The first-order valence-corrected chi connectivity index (χ1v) is 13.8. The average Bonchev–Trinajstić information content (AvgIpc) is 3.79. The lowest BCUT2D eigenvalue weighted by atomic mass is 10.1. The van der Waals surface area contributed by atoms with Gasteiger partial charge in [-0.15, -0.1) is 0 Å². The molecule has 42 heavy (non-hydrogen) atoms. The number of aromatic amines is 1. The predicted molar refractivity (Wildman–Crippen MR) is 150 cm³/mol. The molecule has 2 saturated heterocycles. The van der Waals surface area contributed by atoms with Crippen molar-refractivity contribution in [2.75, 3.05) is 26.3 Å². The molecule has 2 aliphatic rings. The highest BCUT2D eigenvalue weighted by Crippen LogP contribution is 2.35. The average molecular weight is 614 g/mol. The third kappa shape index (κ3) is 5.93. The Balaban J connectivity index is 1.07. The predicted octanol–water partition coefficient (Wildman–Crippen LogP) is 3.65. The zero-order valence-corrected chi connectivity index (χ0v) is 23.5. The van der Waals surface area contributed by atoms with Crippen LogP contribution in [0.2, 0.25) is 10.0 Å². The van der Waals surface area contributed by atoms with Gasteiger partial charge in [0.05, 0.1) is 42.9 Å². The number of aromatic nitrogens is 2. The number of hydrogen-bond donors (Lipinski definition) is 3. The first kappa shape index (κ1) is 28.0. The van der Waals surface area contributed by atoms with Crippen LogP contribution in [0.4, 0.5) is 0 Å². The summed E-state index contributed by atoms with van der Waals surface area (Å²) in [5.74, 6) is -2.19. The van der Waals surface area contributed by atoms with Crippen molar-refractivity contribution in [3.63, 3.8) is 0 Å². The van der Waals surface area contributed by atoms with E-state index in [0.29, 0.717) is 29.0 Å². The van der Waals surface area contributed by atoms with E-state index in [1.165, 1.54) is 23.1 Å². The highest BCUT2D eigenvalue weighted by Gasteiger charge is 2.52. The van der Waals surface area contributed by atoms with E-state index >= 15 is 0 Å². The van der Waals surface area contributed by atoms with Crippen LogP contribution in [0.25, 0.3) is 10.9 Å². The van der Waals surface area contributed by atoms with Gasteiger partial charge in [0.15, 0.2) is 11.5 Å². The molecule has 1 spiro atoms. The number of carbonyl (C=O) groups excluding carboxylic acids is 3. The number of carbonyl (C=O) groups is 3. The van der Waals surface area contributed by atoms with Gasteiger partial charge in [-0.2, -0.15) is 0 Å². The summed E-state index contributed by atoms with van der Waals surface area (Å²) in [4.78, 5) is 47.9. The summed E-state index contributed by atoms with van der Waals surface area (Å²) in [6, 6.07) is 10.4. The van der Waals surface area contributed by atoms with Gasteiger partial charge in [0, 0.05) is 47.5 Å². The molecule has 2 fully saturated rings. The van der Waals surface area contributed by atoms with E-state index in [9.17, 15) is 14.4 Å². The Bertz CT molecular complexity index is 1620. The highest BCUT2D eigenvalue weighted by molar-refractivity contribution is 6.42. The Morgan fingerprint density at radius 2 is 1.90 bits per heavy atom. The fourth-order valence-electron chi connectivity index (χ4n) is 4.97. The van der Waals surface area contributed by atoms with Crippen LogP contribution in [-0.4, -0.2) is 70.7 Å². The van der Waals surface area contributed by atoms with Gasteiger partial charge < -0.3 is 39.1 Å². The molecule has 3 aromatic heterocycles. The largest absolute Gasteiger partial charge is 0.426 e. The van der Waals surface area contributed by atoms with E-state index in [2.05, 4.69) is 20.6 Å². The molecular formula is C28H25Cl2N5O7. The summed E-state index contributed by atoms with van der Waals surface area (Å²) >= 11 is 11.9. The number of H-pyrrole nitrogens is 1. The zero-order valence-electron chi connectivity index (χ0n) is 22.0. The van der Waals surface area contributed by atoms with E-state index in [1.54, 1.807) is 24.5 Å². The maximum atomic E-state index is 13.3. The van der Waals surface area contributed by atoms with Crippen molar-refractivity contribution in [1.82, 2.24) is 25.5 Å². The molecule has 1 atom stereocenters. The summed E-state index contributed by atoms with van der Waals surface area (Å²) in [5.41, 5.74) is 1.69. The summed E-state index contributed by atoms with van der Waals surface area (Å²) in [5, 5.41) is 7.02. The standard InChI is InChI=1S/C28H25Cl2N5O7/c29-19-2-1-18(10-20(19)30)41-25-4-3-23(42-25)27(38)33-14-24(36)35-15-28(39-7-8-40-28)11-22(35)26(37)32-13-17-9-16-12-31-6-5-21(16)34-17/h1-6,9-10,12,22,34H,7-8,11,13-15H2,(H,32,37)(H,33,38)/t22-/m0/s1. The van der Waals surface area contributed by atoms with Crippen molar-refractivity contribution in [2.24, 2.45) is 0 Å². The second kappa shape index (κ2) is 11.6. The molecule has 14 heteroatoms. The Morgan fingerprint density at radius 3 is 2.69 bits per heavy atom. The number of likely N-dealkylation sites (tertiary alicyclic amines) is 1. The maximum Gasteiger partial charge on any atom is 0.290 e. The van der Waals surface area contributed by atoms with Gasteiger partial charge in [0.25, 0.3) is 11.9 Å². The fourth-order valence-corrected chi connectivity index (χ4v) is 5.26. The number of hydrogen-bond acceptors (Lipinski definition) is 8. The van der Waals surface area contributed by atoms with Crippen molar-refractivity contribution in [1.29, 1.82) is 0 Å². The molecule has 6 rings (SSSR count). The number of furan rings is 1. The van der Waals surface area contributed by atoms with Crippen LogP contribution in [0, 0.1) is 0 Å². The fraction of sp³-hybridized carbons (Fsp3) is 0.286. The van der Waals surface area contributed by atoms with Crippen molar-refractivity contribution >= 4 is 51.8 Å². The summed E-state index contributed by atoms with van der Waals surface area (Å²) < 4.78 is 22.6. The SMILES string of the molecule is O=C(NCC(=O)N1CC2(C[C@H]1C(=O)NCc1cc3cnccc3[nH]1)OCCO2)c1ccc(Oc2ccc(Cl)c(Cl)c2)o1. The van der Waals surface area contributed by atoms with Gasteiger partial charge >= 0.3 is 0 Å². The lowest BCUT2D eigenvalue weighted by Crippen LogP contribution is -2.49. The lowest BCUT2D eigenvalue weighted by molar-refractivity contribution is -0.152. The molecular weight excluding hydrogens is 589 g/mol. The first-order valence-electron chi connectivity index (χ1n) is 13.1. The number of halogens is 2. The molecule has 0 bridgehead atoms. The monoisotopic (exact) mass is 613 g/mol. The molecule has 3 N–H and O–H groups in total. The Labute approximate surface area is 249 Å². The van der Waals surface area contributed by atoms with Crippen LogP contribution in [-0.2, 0) is 25.6 Å². The van der Waals surface area contributed by atoms with Crippen molar-refractivity contribution < 1.29 is 33.0 Å². The van der Waals surface area contributed by atoms with Crippen LogP contribution in [0.15, 0.2) is 59.3 Å². The van der Waals surface area contributed by atoms with Crippen LogP contribution in [0.5, 0.6) is 11.7 Å². The second-order valence-electron chi connectivity index (χ2n) is 9.80. The number of pyridine rings is 1. The normalized spacial score (nSPS) is 17.6. The smallest absolute Gasteiger partial charge is 0.290 e. The molecule has 12 nitrogen and oxygen atoms in total. The van der Waals surface area contributed by atoms with Crippen molar-refractivity contribution in [3.05, 3.63) is 76.4 Å². The summed E-state index contributed by atoms with van der Waals surface area (Å²) in [6.07, 6.45) is 3.58. The molecule has 0 aliphatic carbocycles. The Kier molecular flexibility index (Phi) is 7.78. The summed E-state index contributed by atoms with van der Waals surface area (Å²) in [6.45, 7) is 0.628. The highest BCUT2D eigenvalue weighted by atomic mass is 35.5. The summed E-state index contributed by atoms with van der Waals surface area (Å²) in [7, 11) is 0. The number of rotatable bonds is 8. The van der Waals surface area contributed by atoms with Crippen LogP contribution in [0.3, 0.4) is 0 Å². The van der Waals surface area contributed by atoms with Gasteiger partial charge in [-0.25, -0.2) is 0 Å². The van der Waals surface area contributed by atoms with Crippen LogP contribution >= 0.6 is 23.2 Å². The molecule has 2 aliphatic heterocycles. The van der Waals surface area contributed by atoms with Crippen LogP contribution < -0.4 is 15.4 Å². The second-order valence-corrected chi connectivity index (χ2v) is 10.6. The minimum absolute atomic E-state index is 0.0462. The number of nitrogens with zero attached hydrogens (tertiary/aromatic N) is 2. The number of benzene rings is 1. The van der Waals surface area contributed by atoms with Gasteiger partial charge in [0.1, 0.15) is 11.8 Å². The number of ether oxygens (including phenoxy) is 3. The van der Waals surface area contributed by atoms with E-state index in [1.807, 2.05) is 12.1 Å². The first-order chi connectivity index (χ1) is 20.3. The zero-order chi connectivity index (χ0) is 29.3. The van der Waals surface area contributed by atoms with E-state index < -0.39 is 23.6 Å². The molecule has 0 radical (unpaired) electrons. The van der Waals surface area contributed by atoms with E-state index in [-0.39, 0.29) is 43.7 Å². The number of amides is 3. The minimum Gasteiger partial charge on any atom is -0.426 e. The van der Waals surface area contributed by atoms with Gasteiger partial charge in [0.2, 0.25) is 11.8 Å². The van der Waals surface area contributed by atoms with Crippen molar-refractivity contribution in [3.8, 4) is 11.7 Å². The third-order valence-electron chi connectivity index (χ3n) is 6.97. The minimum atomic E-state index is -1.06. The molecule has 0 unspecified atom stereocenters. The van der Waals surface area contributed by atoms with Gasteiger partial charge in [-0.3, -0.25) is 19.4 Å². The molecule has 3 amide bonds. The molecule has 5 heterocycles. The van der Waals surface area contributed by atoms with Crippen molar-refractivity contribution in [2.45, 2.75) is 24.8 Å². The lowest BCUT2D eigenvalue weighted by Gasteiger charge is -2.24. The van der Waals surface area contributed by atoms with E-state index in [0.717, 1.165) is 16.6 Å². The topological polar surface area (TPSA) is 148 Å². The number of fused-ring (bicyclic) bond motifs is 1. The quantitative estimate of drug-likeness (QED) is 0.273. The number of nitrogens with one attached hydrogen (secondary N) is 3. The Morgan fingerprint density at radius 1 is 1.07 bits per heavy atom. The molecule has 218 valence electrons. The third-order valence-corrected chi connectivity index (χ3v) is 7.71. The van der Waals surface area contributed by atoms with Gasteiger partial charge in [-0.1, -0.05) is 23.2 Å². The maximum absolute atomic E-state index is 13.3.